The van der Waals surface area contributed by atoms with Crippen LogP contribution in [0.5, 0.6) is 0 Å². The molecule has 0 atom stereocenters. The standard InChI is InChI=1S/C19H19N3O2S/c1-22(2)14-6-3-5-13(11-14)12-20-18(23)15-8-9-16(21-19(15)24)17-7-4-10-25-17/h3-11H,12H2,1-2H3,(H,20,23)(H,21,24). The number of nitrogens with zero attached hydrogens (tertiary/aromatic N) is 1. The number of carbonyl (C=O) groups excluding carboxylic acids is 1. The van der Waals surface area contributed by atoms with Crippen LogP contribution in [0.2, 0.25) is 0 Å². The lowest BCUT2D eigenvalue weighted by Crippen LogP contribution is -2.29. The Morgan fingerprint density at radius 2 is 2.00 bits per heavy atom. The number of pyridine rings is 1. The molecule has 0 saturated carbocycles. The average Bonchev–Trinajstić information content (AvgIpc) is 3.14. The number of benzene rings is 1. The van der Waals surface area contributed by atoms with Crippen LogP contribution in [-0.2, 0) is 6.54 Å². The lowest BCUT2D eigenvalue weighted by molar-refractivity contribution is 0.0949. The van der Waals surface area contributed by atoms with Gasteiger partial charge in [-0.25, -0.2) is 0 Å². The highest BCUT2D eigenvalue weighted by Gasteiger charge is 2.11. The maximum Gasteiger partial charge on any atom is 0.261 e. The first-order valence-corrected chi connectivity index (χ1v) is 8.74. The number of aromatic nitrogens is 1. The van der Waals surface area contributed by atoms with Gasteiger partial charge >= 0.3 is 0 Å². The minimum Gasteiger partial charge on any atom is -0.378 e. The van der Waals surface area contributed by atoms with Crippen molar-refractivity contribution in [2.45, 2.75) is 6.54 Å². The van der Waals surface area contributed by atoms with Crippen LogP contribution in [-0.4, -0.2) is 25.0 Å². The van der Waals surface area contributed by atoms with Crippen LogP contribution in [0, 0.1) is 0 Å². The maximum atomic E-state index is 12.3. The van der Waals surface area contributed by atoms with Gasteiger partial charge in [0.05, 0.1) is 10.6 Å². The summed E-state index contributed by atoms with van der Waals surface area (Å²) in [6.07, 6.45) is 0. The average molecular weight is 353 g/mol. The fourth-order valence-electron chi connectivity index (χ4n) is 2.45. The first kappa shape index (κ1) is 17.0. The van der Waals surface area contributed by atoms with Gasteiger partial charge in [-0.1, -0.05) is 18.2 Å². The van der Waals surface area contributed by atoms with Crippen molar-refractivity contribution in [1.29, 1.82) is 0 Å². The van der Waals surface area contributed by atoms with E-state index in [9.17, 15) is 9.59 Å². The summed E-state index contributed by atoms with van der Waals surface area (Å²) in [5.74, 6) is -0.380. The molecule has 0 spiro atoms. The van der Waals surface area contributed by atoms with E-state index >= 15 is 0 Å². The molecule has 25 heavy (non-hydrogen) atoms. The number of amides is 1. The summed E-state index contributed by atoms with van der Waals surface area (Å²) in [7, 11) is 3.93. The number of thiophene rings is 1. The Hall–Kier alpha value is -2.86. The summed E-state index contributed by atoms with van der Waals surface area (Å²) in [6.45, 7) is 0.368. The molecule has 2 aromatic heterocycles. The van der Waals surface area contributed by atoms with E-state index in [0.29, 0.717) is 6.54 Å². The van der Waals surface area contributed by atoms with Crippen molar-refractivity contribution in [2.75, 3.05) is 19.0 Å². The van der Waals surface area contributed by atoms with Gasteiger partial charge in [-0.05, 0) is 41.3 Å². The van der Waals surface area contributed by atoms with Gasteiger partial charge < -0.3 is 15.2 Å². The number of hydrogen-bond donors (Lipinski definition) is 2. The van der Waals surface area contributed by atoms with E-state index in [0.717, 1.165) is 21.8 Å². The maximum absolute atomic E-state index is 12.3. The lowest BCUT2D eigenvalue weighted by Gasteiger charge is -2.13. The molecule has 6 heteroatoms. The van der Waals surface area contributed by atoms with Crippen molar-refractivity contribution in [1.82, 2.24) is 10.3 Å². The van der Waals surface area contributed by atoms with Gasteiger partial charge in [-0.2, -0.15) is 0 Å². The quantitative estimate of drug-likeness (QED) is 0.741. The molecular weight excluding hydrogens is 334 g/mol. The fraction of sp³-hybridized carbons (Fsp3) is 0.158. The molecule has 128 valence electrons. The highest BCUT2D eigenvalue weighted by atomic mass is 32.1. The predicted molar refractivity (Wildman–Crippen MR) is 102 cm³/mol. The molecule has 3 rings (SSSR count). The number of anilines is 1. The Morgan fingerprint density at radius 3 is 2.68 bits per heavy atom. The van der Waals surface area contributed by atoms with E-state index in [1.165, 1.54) is 11.3 Å². The van der Waals surface area contributed by atoms with Gasteiger partial charge in [0, 0.05) is 26.3 Å². The van der Waals surface area contributed by atoms with E-state index in [2.05, 4.69) is 10.3 Å². The highest BCUT2D eigenvalue weighted by Crippen LogP contribution is 2.21. The predicted octanol–water partition coefficient (Wildman–Crippen LogP) is 3.10. The molecule has 0 fully saturated rings. The van der Waals surface area contributed by atoms with Crippen molar-refractivity contribution in [3.8, 4) is 10.6 Å². The first-order chi connectivity index (χ1) is 12.0. The molecule has 1 aromatic carbocycles. The fourth-order valence-corrected chi connectivity index (χ4v) is 3.16. The Balaban J connectivity index is 1.71. The van der Waals surface area contributed by atoms with Crippen LogP contribution >= 0.6 is 11.3 Å². The van der Waals surface area contributed by atoms with Crippen LogP contribution in [0.4, 0.5) is 5.69 Å². The van der Waals surface area contributed by atoms with Crippen molar-refractivity contribution in [3.63, 3.8) is 0 Å². The molecule has 5 nitrogen and oxygen atoms in total. The number of aromatic amines is 1. The number of hydrogen-bond acceptors (Lipinski definition) is 4. The van der Waals surface area contributed by atoms with E-state index in [-0.39, 0.29) is 17.0 Å². The molecule has 0 radical (unpaired) electrons. The number of carbonyl (C=O) groups is 1. The van der Waals surface area contributed by atoms with Crippen LogP contribution < -0.4 is 15.8 Å². The van der Waals surface area contributed by atoms with E-state index in [1.807, 2.05) is 60.8 Å². The molecule has 3 aromatic rings. The third-order valence-electron chi connectivity index (χ3n) is 3.82. The summed E-state index contributed by atoms with van der Waals surface area (Å²) >= 11 is 1.54. The Bertz CT molecular complexity index is 930. The molecule has 2 N–H and O–H groups in total. The second-order valence-electron chi connectivity index (χ2n) is 5.84. The smallest absolute Gasteiger partial charge is 0.261 e. The summed E-state index contributed by atoms with van der Waals surface area (Å²) < 4.78 is 0. The number of nitrogens with one attached hydrogen (secondary N) is 2. The molecule has 0 bridgehead atoms. The second kappa shape index (κ2) is 7.36. The minimum atomic E-state index is -0.384. The molecule has 0 aliphatic carbocycles. The normalized spacial score (nSPS) is 10.5. The molecule has 2 heterocycles. The Kier molecular flexibility index (Phi) is 5.00. The first-order valence-electron chi connectivity index (χ1n) is 7.86. The molecule has 0 saturated heterocycles. The zero-order valence-corrected chi connectivity index (χ0v) is 14.9. The monoisotopic (exact) mass is 353 g/mol. The van der Waals surface area contributed by atoms with E-state index < -0.39 is 0 Å². The van der Waals surface area contributed by atoms with Crippen LogP contribution in [0.3, 0.4) is 0 Å². The molecular formula is C19H19N3O2S. The highest BCUT2D eigenvalue weighted by molar-refractivity contribution is 7.13. The summed E-state index contributed by atoms with van der Waals surface area (Å²) in [4.78, 5) is 30.3. The molecule has 0 aliphatic rings. The van der Waals surface area contributed by atoms with E-state index in [4.69, 9.17) is 0 Å². The Morgan fingerprint density at radius 1 is 1.16 bits per heavy atom. The van der Waals surface area contributed by atoms with Gasteiger partial charge in [0.15, 0.2) is 0 Å². The summed E-state index contributed by atoms with van der Waals surface area (Å²) in [5, 5.41) is 4.74. The zero-order valence-electron chi connectivity index (χ0n) is 14.1. The summed E-state index contributed by atoms with van der Waals surface area (Å²) in [5.41, 5.74) is 2.49. The molecule has 0 unspecified atom stereocenters. The van der Waals surface area contributed by atoms with Gasteiger partial charge in [0.25, 0.3) is 11.5 Å². The second-order valence-corrected chi connectivity index (χ2v) is 6.79. The van der Waals surface area contributed by atoms with Gasteiger partial charge in [-0.15, -0.1) is 11.3 Å². The van der Waals surface area contributed by atoms with Crippen molar-refractivity contribution >= 4 is 22.9 Å². The lowest BCUT2D eigenvalue weighted by atomic mass is 10.1. The Labute approximate surface area is 149 Å². The van der Waals surface area contributed by atoms with Crippen LogP contribution in [0.15, 0.2) is 58.7 Å². The SMILES string of the molecule is CN(C)c1cccc(CNC(=O)c2ccc(-c3cccs3)[nH]c2=O)c1. The largest absolute Gasteiger partial charge is 0.378 e. The van der Waals surface area contributed by atoms with Crippen molar-refractivity contribution < 1.29 is 4.79 Å². The van der Waals surface area contributed by atoms with E-state index in [1.54, 1.807) is 12.1 Å². The minimum absolute atomic E-state index is 0.115. The van der Waals surface area contributed by atoms with Crippen LogP contribution in [0.25, 0.3) is 10.6 Å². The molecule has 0 aliphatic heterocycles. The van der Waals surface area contributed by atoms with Crippen molar-refractivity contribution in [2.24, 2.45) is 0 Å². The zero-order chi connectivity index (χ0) is 17.8. The number of H-pyrrole nitrogens is 1. The van der Waals surface area contributed by atoms with Gasteiger partial charge in [-0.3, -0.25) is 9.59 Å². The van der Waals surface area contributed by atoms with Gasteiger partial charge in [0.1, 0.15) is 5.56 Å². The third-order valence-corrected chi connectivity index (χ3v) is 4.72. The molecule has 1 amide bonds. The van der Waals surface area contributed by atoms with Crippen LogP contribution in [0.1, 0.15) is 15.9 Å². The third kappa shape index (κ3) is 3.97. The topological polar surface area (TPSA) is 65.2 Å². The number of rotatable bonds is 5. The summed E-state index contributed by atoms with van der Waals surface area (Å²) in [6, 6.07) is 15.1. The van der Waals surface area contributed by atoms with Gasteiger partial charge in [0.2, 0.25) is 0 Å². The van der Waals surface area contributed by atoms with Crippen molar-refractivity contribution in [3.05, 3.63) is 75.4 Å².